The summed E-state index contributed by atoms with van der Waals surface area (Å²) in [6, 6.07) is 1.17. The number of hydrogen-bond donors (Lipinski definition) is 3. The van der Waals surface area contributed by atoms with E-state index in [1.54, 1.807) is 13.8 Å². The molecule has 0 bridgehead atoms. The Bertz CT molecular complexity index is 734. The normalized spacial score (nSPS) is 29.8. The average molecular weight is 380 g/mol. The van der Waals surface area contributed by atoms with Gasteiger partial charge in [0.2, 0.25) is 0 Å². The summed E-state index contributed by atoms with van der Waals surface area (Å²) in [4.78, 5) is 35.6. The molecular formula is C13H21N2O7PS. The van der Waals surface area contributed by atoms with Crippen molar-refractivity contribution >= 4 is 18.3 Å². The Morgan fingerprint density at radius 1 is 1.46 bits per heavy atom. The third-order valence-corrected chi connectivity index (χ3v) is 7.16. The summed E-state index contributed by atoms with van der Waals surface area (Å²) < 4.78 is 17.8. The molecule has 2 rings (SSSR count). The van der Waals surface area contributed by atoms with Gasteiger partial charge in [-0.3, -0.25) is 14.3 Å². The second kappa shape index (κ2) is 7.57. The number of aliphatic hydroxyl groups is 1. The first-order chi connectivity index (χ1) is 11.2. The van der Waals surface area contributed by atoms with Gasteiger partial charge in [0.1, 0.15) is 18.3 Å². The minimum Gasteiger partial charge on any atom is -0.394 e. The molecule has 9 nitrogen and oxygen atoms in total. The van der Waals surface area contributed by atoms with Gasteiger partial charge in [0, 0.05) is 25.0 Å². The van der Waals surface area contributed by atoms with Crippen molar-refractivity contribution in [2.24, 2.45) is 0 Å². The van der Waals surface area contributed by atoms with Gasteiger partial charge in [0.15, 0.2) is 12.7 Å². The molecule has 136 valence electrons. The lowest BCUT2D eigenvalue weighted by molar-refractivity contribution is -0.0625. The van der Waals surface area contributed by atoms with Crippen molar-refractivity contribution in [3.05, 3.63) is 33.1 Å². The first kappa shape index (κ1) is 19.5. The molecule has 24 heavy (non-hydrogen) atoms. The molecular weight excluding hydrogens is 359 g/mol. The molecule has 1 saturated heterocycles. The standard InChI is InChI=1S/C13H21N2O7PS/c1-7(2)23(19,24)22-10-8(6-16)21-12(11(10)20-3)15-5-4-9(17)14-13(15)18/h4-5,7-8,10-12,16H,6H2,1-3H3,(H,19,24)(H,14,17,18)/t8-,10-,11-,12-,23?/m1/s1. The number of methoxy groups -OCH3 is 1. The summed E-state index contributed by atoms with van der Waals surface area (Å²) in [5.41, 5.74) is -1.52. The summed E-state index contributed by atoms with van der Waals surface area (Å²) in [5, 5.41) is 9.55. The third kappa shape index (κ3) is 3.85. The predicted octanol–water partition coefficient (Wildman–Crippen LogP) is -0.463. The van der Waals surface area contributed by atoms with E-state index in [-0.39, 0.29) is 5.66 Å². The lowest BCUT2D eigenvalue weighted by Gasteiger charge is -2.28. The summed E-state index contributed by atoms with van der Waals surface area (Å²) in [5.74, 6) is 0. The Morgan fingerprint density at radius 2 is 2.12 bits per heavy atom. The van der Waals surface area contributed by atoms with Crippen molar-refractivity contribution < 1.29 is 24.0 Å². The molecule has 11 heteroatoms. The van der Waals surface area contributed by atoms with Crippen LogP contribution in [0.15, 0.2) is 21.9 Å². The zero-order valence-electron chi connectivity index (χ0n) is 13.5. The predicted molar refractivity (Wildman–Crippen MR) is 89.6 cm³/mol. The number of aromatic nitrogens is 2. The monoisotopic (exact) mass is 380 g/mol. The lowest BCUT2D eigenvalue weighted by atomic mass is 10.1. The van der Waals surface area contributed by atoms with Gasteiger partial charge in [-0.15, -0.1) is 0 Å². The Labute approximate surface area is 143 Å². The Hall–Kier alpha value is -0.870. The van der Waals surface area contributed by atoms with Gasteiger partial charge in [0.05, 0.1) is 6.61 Å². The van der Waals surface area contributed by atoms with Crippen LogP contribution in [0, 0.1) is 0 Å². The van der Waals surface area contributed by atoms with Crippen molar-refractivity contribution in [3.8, 4) is 0 Å². The van der Waals surface area contributed by atoms with Crippen LogP contribution in [0.5, 0.6) is 0 Å². The SMILES string of the molecule is CO[C@@H]1[C@H](OP(O)(=S)C(C)C)[C@@H](CO)O[C@H]1n1ccc(=O)[nH]c1=O. The van der Waals surface area contributed by atoms with Crippen LogP contribution in [-0.4, -0.2) is 57.2 Å². The van der Waals surface area contributed by atoms with Crippen LogP contribution >= 0.6 is 6.49 Å². The number of ether oxygens (including phenoxy) is 2. The number of H-pyrrole nitrogens is 1. The largest absolute Gasteiger partial charge is 0.394 e. The molecule has 1 aromatic heterocycles. The molecule has 0 radical (unpaired) electrons. The van der Waals surface area contributed by atoms with Gasteiger partial charge < -0.3 is 24.0 Å². The maximum absolute atomic E-state index is 12.0. The van der Waals surface area contributed by atoms with E-state index in [9.17, 15) is 19.6 Å². The van der Waals surface area contributed by atoms with E-state index in [1.165, 1.54) is 19.4 Å². The van der Waals surface area contributed by atoms with E-state index in [1.807, 2.05) is 0 Å². The molecule has 0 amide bonds. The second-order valence-corrected chi connectivity index (χ2v) is 9.63. The molecule has 1 unspecified atom stereocenters. The molecule has 1 aliphatic heterocycles. The number of aromatic amines is 1. The third-order valence-electron chi connectivity index (χ3n) is 3.79. The summed E-state index contributed by atoms with van der Waals surface area (Å²) in [6.45, 7) is -0.0808. The maximum Gasteiger partial charge on any atom is 0.330 e. The summed E-state index contributed by atoms with van der Waals surface area (Å²) in [7, 11) is 1.39. The maximum atomic E-state index is 12.0. The molecule has 1 fully saturated rings. The van der Waals surface area contributed by atoms with Crippen LogP contribution in [0.4, 0.5) is 0 Å². The van der Waals surface area contributed by atoms with Crippen molar-refractivity contribution in [2.75, 3.05) is 13.7 Å². The molecule has 0 saturated carbocycles. The van der Waals surface area contributed by atoms with Gasteiger partial charge in [-0.05, 0) is 11.8 Å². The average Bonchev–Trinajstić information content (AvgIpc) is 2.83. The molecule has 1 aliphatic rings. The number of rotatable bonds is 6. The number of hydrogen-bond acceptors (Lipinski definition) is 7. The lowest BCUT2D eigenvalue weighted by Crippen LogP contribution is -2.40. The van der Waals surface area contributed by atoms with E-state index >= 15 is 0 Å². The fraction of sp³-hybridized carbons (Fsp3) is 0.692. The molecule has 1 aromatic rings. The zero-order chi connectivity index (χ0) is 18.1. The number of nitrogens with zero attached hydrogens (tertiary/aromatic N) is 1. The van der Waals surface area contributed by atoms with E-state index < -0.39 is 48.9 Å². The van der Waals surface area contributed by atoms with E-state index in [2.05, 4.69) is 4.98 Å². The van der Waals surface area contributed by atoms with Crippen molar-refractivity contribution in [3.63, 3.8) is 0 Å². The smallest absolute Gasteiger partial charge is 0.330 e. The van der Waals surface area contributed by atoms with Crippen LogP contribution in [0.1, 0.15) is 20.1 Å². The fourth-order valence-electron chi connectivity index (χ4n) is 2.38. The molecule has 0 aliphatic carbocycles. The van der Waals surface area contributed by atoms with Gasteiger partial charge in [-0.1, -0.05) is 13.8 Å². The van der Waals surface area contributed by atoms with E-state index in [0.29, 0.717) is 0 Å². The zero-order valence-corrected chi connectivity index (χ0v) is 15.2. The first-order valence-electron chi connectivity index (χ1n) is 7.32. The van der Waals surface area contributed by atoms with Crippen LogP contribution in [0.2, 0.25) is 0 Å². The van der Waals surface area contributed by atoms with Crippen molar-refractivity contribution in [1.29, 1.82) is 0 Å². The van der Waals surface area contributed by atoms with Crippen LogP contribution in [-0.2, 0) is 25.8 Å². The Balaban J connectivity index is 2.37. The quantitative estimate of drug-likeness (QED) is 0.567. The highest BCUT2D eigenvalue weighted by atomic mass is 32.5. The number of aliphatic hydroxyl groups excluding tert-OH is 1. The first-order valence-corrected chi connectivity index (χ1v) is 10.1. The van der Waals surface area contributed by atoms with Crippen LogP contribution in [0.25, 0.3) is 0 Å². The molecule has 0 spiro atoms. The minimum absolute atomic E-state index is 0.292. The highest BCUT2D eigenvalue weighted by Gasteiger charge is 2.49. The Morgan fingerprint density at radius 3 is 2.62 bits per heavy atom. The topological polar surface area (TPSA) is 123 Å². The van der Waals surface area contributed by atoms with Crippen molar-refractivity contribution in [2.45, 2.75) is 44.0 Å². The van der Waals surface area contributed by atoms with Gasteiger partial charge in [0.25, 0.3) is 5.56 Å². The summed E-state index contributed by atoms with van der Waals surface area (Å²) in [6.07, 6.45) is -2.18. The fourth-order valence-corrected chi connectivity index (χ4v) is 3.53. The van der Waals surface area contributed by atoms with E-state index in [0.717, 1.165) is 4.57 Å². The number of nitrogens with one attached hydrogen (secondary N) is 1. The molecule has 0 aromatic carbocycles. The molecule has 2 heterocycles. The summed E-state index contributed by atoms with van der Waals surface area (Å²) >= 11 is 5.14. The second-order valence-electron chi connectivity index (χ2n) is 5.69. The minimum atomic E-state index is -3.14. The highest BCUT2D eigenvalue weighted by Crippen LogP contribution is 2.51. The van der Waals surface area contributed by atoms with Crippen molar-refractivity contribution in [1.82, 2.24) is 9.55 Å². The van der Waals surface area contributed by atoms with Crippen LogP contribution in [0.3, 0.4) is 0 Å². The molecule has 3 N–H and O–H groups in total. The highest BCUT2D eigenvalue weighted by molar-refractivity contribution is 8.09. The van der Waals surface area contributed by atoms with Crippen LogP contribution < -0.4 is 11.2 Å². The van der Waals surface area contributed by atoms with E-state index in [4.69, 9.17) is 25.8 Å². The van der Waals surface area contributed by atoms with Gasteiger partial charge in [-0.25, -0.2) is 4.79 Å². The van der Waals surface area contributed by atoms with Gasteiger partial charge >= 0.3 is 5.69 Å². The van der Waals surface area contributed by atoms with Gasteiger partial charge in [-0.2, -0.15) is 0 Å². The molecule has 5 atom stereocenters. The Kier molecular flexibility index (Phi) is 6.14.